The molecule has 0 heterocycles. The number of ether oxygens (including phenoxy) is 1. The zero-order valence-corrected chi connectivity index (χ0v) is 19.8. The van der Waals surface area contributed by atoms with Crippen molar-refractivity contribution in [1.82, 2.24) is 0 Å². The van der Waals surface area contributed by atoms with E-state index in [2.05, 4.69) is 11.3 Å². The molecule has 0 spiro atoms. The molecule has 0 aliphatic heterocycles. The van der Waals surface area contributed by atoms with Crippen LogP contribution in [0.25, 0.3) is 0 Å². The van der Waals surface area contributed by atoms with E-state index in [1.54, 1.807) is 60.7 Å². The number of allylic oxidation sites excluding steroid dienone is 2. The molecule has 1 amide bonds. The summed E-state index contributed by atoms with van der Waals surface area (Å²) >= 11 is 0. The molecule has 9 heteroatoms. The number of ketones is 1. The molecule has 6 N–H and O–H groups in total. The van der Waals surface area contributed by atoms with Crippen LogP contribution in [0.4, 0.5) is 0 Å². The number of Topliss-reactive ketones (excluding diaryl/α,β-unsaturated/α-hetero) is 1. The third kappa shape index (κ3) is 9.95. The molecule has 0 saturated heterocycles. The maximum absolute atomic E-state index is 11.5. The standard InChI is InChI=1S/C12H16N2O.C9H8O3.C4H9BO2/c1-3-9(2)12(14,11(13)15)10-7-5-4-6-8-10;1-12-9(11)8(10)7-5-3-2-4-6-7;1-2-3-4-5(6)7/h3-9H,1,14H2,2H3,(H2,13,15);2-6H,1H3;2-3,6-7H,4H2,1H3/b;;3-2+/t9-,12-;;/m0../s1. The van der Waals surface area contributed by atoms with Gasteiger partial charge in [0.15, 0.2) is 0 Å². The van der Waals surface area contributed by atoms with Gasteiger partial charge in [-0.25, -0.2) is 4.79 Å². The summed E-state index contributed by atoms with van der Waals surface area (Å²) in [6.45, 7) is 7.31. The fourth-order valence-electron chi connectivity index (χ4n) is 2.59. The van der Waals surface area contributed by atoms with Crippen LogP contribution in [-0.4, -0.2) is 41.9 Å². The van der Waals surface area contributed by atoms with Crippen LogP contribution < -0.4 is 11.5 Å². The molecular weight excluding hydrogens is 435 g/mol. The highest BCUT2D eigenvalue weighted by atomic mass is 16.5. The van der Waals surface area contributed by atoms with Gasteiger partial charge < -0.3 is 26.3 Å². The summed E-state index contributed by atoms with van der Waals surface area (Å²) in [5.41, 5.74) is 11.3. The van der Waals surface area contributed by atoms with Crippen LogP contribution in [0.3, 0.4) is 0 Å². The summed E-state index contributed by atoms with van der Waals surface area (Å²) in [4.78, 5) is 33.3. The Bertz CT molecular complexity index is 935. The fourth-order valence-corrected chi connectivity index (χ4v) is 2.59. The molecule has 0 bridgehead atoms. The molecule has 0 fully saturated rings. The van der Waals surface area contributed by atoms with Crippen molar-refractivity contribution in [2.75, 3.05) is 7.11 Å². The summed E-state index contributed by atoms with van der Waals surface area (Å²) in [7, 11) is -0.000370. The molecule has 2 rings (SSSR count). The van der Waals surface area contributed by atoms with Crippen LogP contribution in [0, 0.1) is 5.92 Å². The smallest absolute Gasteiger partial charge is 0.455 e. The Morgan fingerprint density at radius 2 is 1.59 bits per heavy atom. The van der Waals surface area contributed by atoms with Crippen molar-refractivity contribution >= 4 is 24.8 Å². The quantitative estimate of drug-likeness (QED) is 0.152. The number of methoxy groups -OCH3 is 1. The first kappa shape index (κ1) is 30.5. The van der Waals surface area contributed by atoms with Crippen molar-refractivity contribution in [1.29, 1.82) is 0 Å². The molecule has 182 valence electrons. The number of carbonyl (C=O) groups excluding carboxylic acids is 3. The zero-order valence-electron chi connectivity index (χ0n) is 19.8. The van der Waals surface area contributed by atoms with Gasteiger partial charge in [0, 0.05) is 11.5 Å². The molecule has 8 nitrogen and oxygen atoms in total. The summed E-state index contributed by atoms with van der Waals surface area (Å²) in [6, 6.07) is 17.4. The van der Waals surface area contributed by atoms with Gasteiger partial charge in [-0.3, -0.25) is 9.59 Å². The van der Waals surface area contributed by atoms with E-state index >= 15 is 0 Å². The van der Waals surface area contributed by atoms with Crippen molar-refractivity contribution in [3.63, 3.8) is 0 Å². The summed E-state index contributed by atoms with van der Waals surface area (Å²) in [6.07, 6.45) is 5.44. The SMILES string of the molecule is C/C=C/CB(O)O.C=C[C@H](C)[C@@](N)(C(N)=O)c1ccccc1.COC(=O)C(=O)c1ccccc1. The van der Waals surface area contributed by atoms with Crippen LogP contribution in [0.2, 0.25) is 6.32 Å². The highest BCUT2D eigenvalue weighted by molar-refractivity contribution is 6.41. The number of carbonyl (C=O) groups is 3. The number of esters is 1. The van der Waals surface area contributed by atoms with Gasteiger partial charge in [-0.05, 0) is 18.8 Å². The van der Waals surface area contributed by atoms with Gasteiger partial charge >= 0.3 is 13.1 Å². The lowest BCUT2D eigenvalue weighted by Crippen LogP contribution is -2.53. The Balaban J connectivity index is 0.000000514. The molecule has 0 aliphatic rings. The first-order valence-corrected chi connectivity index (χ1v) is 10.5. The number of amides is 1. The van der Waals surface area contributed by atoms with Gasteiger partial charge in [0.2, 0.25) is 5.91 Å². The van der Waals surface area contributed by atoms with E-state index in [1.807, 2.05) is 32.0 Å². The predicted molar refractivity (Wildman–Crippen MR) is 133 cm³/mol. The molecule has 2 atom stereocenters. The largest absolute Gasteiger partial charge is 0.463 e. The first-order valence-electron chi connectivity index (χ1n) is 10.5. The maximum atomic E-state index is 11.5. The van der Waals surface area contributed by atoms with Gasteiger partial charge in [0.25, 0.3) is 5.78 Å². The van der Waals surface area contributed by atoms with E-state index < -0.39 is 30.3 Å². The Morgan fingerprint density at radius 1 is 1.09 bits per heavy atom. The van der Waals surface area contributed by atoms with Crippen LogP contribution >= 0.6 is 0 Å². The molecule has 34 heavy (non-hydrogen) atoms. The van der Waals surface area contributed by atoms with Gasteiger partial charge in [0.05, 0.1) is 7.11 Å². The number of rotatable bonds is 8. The lowest BCUT2D eigenvalue weighted by molar-refractivity contribution is -0.135. The van der Waals surface area contributed by atoms with Crippen LogP contribution in [-0.2, 0) is 19.9 Å². The second-order valence-corrected chi connectivity index (χ2v) is 7.10. The molecule has 0 radical (unpaired) electrons. The first-order chi connectivity index (χ1) is 16.1. The molecule has 0 aliphatic carbocycles. The topological polar surface area (TPSA) is 153 Å². The molecule has 2 aromatic rings. The number of nitrogens with two attached hydrogens (primary N) is 2. The van der Waals surface area contributed by atoms with E-state index in [0.717, 1.165) is 0 Å². The monoisotopic (exact) mass is 468 g/mol. The molecular formula is C25H33BN2O6. The van der Waals surface area contributed by atoms with Gasteiger partial charge in [-0.15, -0.1) is 6.58 Å². The van der Waals surface area contributed by atoms with E-state index in [-0.39, 0.29) is 5.92 Å². The van der Waals surface area contributed by atoms with E-state index in [0.29, 0.717) is 17.4 Å². The Hall–Kier alpha value is -3.53. The normalized spacial score (nSPS) is 12.5. The second-order valence-electron chi connectivity index (χ2n) is 7.10. The van der Waals surface area contributed by atoms with Crippen molar-refractivity contribution in [3.05, 3.63) is 96.6 Å². The van der Waals surface area contributed by atoms with Crippen LogP contribution in [0.15, 0.2) is 85.5 Å². The lowest BCUT2D eigenvalue weighted by atomic mass is 9.79. The summed E-state index contributed by atoms with van der Waals surface area (Å²) < 4.78 is 4.28. The fraction of sp³-hybridized carbons (Fsp3) is 0.240. The Kier molecular flexibility index (Phi) is 14.5. The molecule has 0 aromatic heterocycles. The lowest BCUT2D eigenvalue weighted by Gasteiger charge is -2.30. The van der Waals surface area contributed by atoms with Gasteiger partial charge in [-0.2, -0.15) is 0 Å². The predicted octanol–water partition coefficient (Wildman–Crippen LogP) is 2.23. The third-order valence-corrected chi connectivity index (χ3v) is 4.72. The maximum Gasteiger partial charge on any atom is 0.455 e. The van der Waals surface area contributed by atoms with Gasteiger partial charge in [-0.1, -0.05) is 85.8 Å². The number of primary amides is 1. The van der Waals surface area contributed by atoms with Crippen molar-refractivity contribution < 1.29 is 29.2 Å². The minimum absolute atomic E-state index is 0.211. The highest BCUT2D eigenvalue weighted by Gasteiger charge is 2.38. The average Bonchev–Trinajstić information content (AvgIpc) is 2.87. The summed E-state index contributed by atoms with van der Waals surface area (Å²) in [5, 5.41) is 16.4. The average molecular weight is 468 g/mol. The molecule has 2 aromatic carbocycles. The minimum atomic E-state index is -1.18. The van der Waals surface area contributed by atoms with Crippen LogP contribution in [0.5, 0.6) is 0 Å². The molecule has 0 saturated carbocycles. The van der Waals surface area contributed by atoms with Crippen molar-refractivity contribution in [2.45, 2.75) is 25.7 Å². The molecule has 0 unspecified atom stereocenters. The Labute approximate surface area is 201 Å². The van der Waals surface area contributed by atoms with E-state index in [9.17, 15) is 14.4 Å². The van der Waals surface area contributed by atoms with E-state index in [4.69, 9.17) is 21.5 Å². The van der Waals surface area contributed by atoms with Gasteiger partial charge in [0.1, 0.15) is 5.54 Å². The van der Waals surface area contributed by atoms with Crippen LogP contribution in [0.1, 0.15) is 29.8 Å². The summed E-state index contributed by atoms with van der Waals surface area (Å²) in [5.74, 6) is -2.20. The van der Waals surface area contributed by atoms with E-state index in [1.165, 1.54) is 7.11 Å². The number of hydrogen-bond donors (Lipinski definition) is 4. The number of benzene rings is 2. The highest BCUT2D eigenvalue weighted by Crippen LogP contribution is 2.27. The minimum Gasteiger partial charge on any atom is -0.463 e. The zero-order chi connectivity index (χ0) is 26.1. The van der Waals surface area contributed by atoms with Crippen molar-refractivity contribution in [2.24, 2.45) is 17.4 Å². The number of hydrogen-bond acceptors (Lipinski definition) is 7. The third-order valence-electron chi connectivity index (χ3n) is 4.72. The second kappa shape index (κ2) is 16.1. The van der Waals surface area contributed by atoms with Crippen molar-refractivity contribution in [3.8, 4) is 0 Å². The Morgan fingerprint density at radius 3 is 1.94 bits per heavy atom.